The Morgan fingerprint density at radius 3 is 2.50 bits per heavy atom. The largest absolute Gasteiger partial charge is 0.419 e. The molecule has 0 spiro atoms. The number of nitrogens with one attached hydrogen (secondary N) is 1. The molecule has 1 rings (SSSR count). The highest BCUT2D eigenvalue weighted by molar-refractivity contribution is 5.27. The fraction of sp³-hybridized carbons (Fsp3) is 0.500. The molecule has 2 nitrogen and oxygen atoms in total. The van der Waals surface area contributed by atoms with E-state index in [9.17, 15) is 17.6 Å². The van der Waals surface area contributed by atoms with Gasteiger partial charge in [-0.25, -0.2) is 4.39 Å². The SMILES string of the molecule is NCCCCNCc1ccc(F)c(C(F)(F)F)c1. The first-order valence-corrected chi connectivity index (χ1v) is 5.71. The van der Waals surface area contributed by atoms with Crippen molar-refractivity contribution in [1.29, 1.82) is 0 Å². The van der Waals surface area contributed by atoms with E-state index in [2.05, 4.69) is 5.32 Å². The number of hydrogen-bond acceptors (Lipinski definition) is 2. The van der Waals surface area contributed by atoms with Crippen molar-refractivity contribution in [3.05, 3.63) is 35.1 Å². The number of nitrogens with two attached hydrogens (primary N) is 1. The second-order valence-electron chi connectivity index (χ2n) is 3.98. The summed E-state index contributed by atoms with van der Waals surface area (Å²) >= 11 is 0. The topological polar surface area (TPSA) is 38.0 Å². The lowest BCUT2D eigenvalue weighted by atomic mass is 10.1. The molecule has 6 heteroatoms. The summed E-state index contributed by atoms with van der Waals surface area (Å²) in [5.74, 6) is -1.24. The average Bonchev–Trinajstić information content (AvgIpc) is 2.29. The van der Waals surface area contributed by atoms with Gasteiger partial charge in [0.2, 0.25) is 0 Å². The van der Waals surface area contributed by atoms with Crippen LogP contribution in [-0.2, 0) is 12.7 Å². The Balaban J connectivity index is 2.57. The molecule has 0 bridgehead atoms. The Bertz CT molecular complexity index is 377. The Hall–Kier alpha value is -1.14. The molecule has 0 saturated heterocycles. The molecule has 1 aromatic rings. The van der Waals surface area contributed by atoms with Crippen LogP contribution in [0, 0.1) is 5.82 Å². The molecule has 0 aliphatic rings. The van der Waals surface area contributed by atoms with Gasteiger partial charge in [-0.2, -0.15) is 13.2 Å². The molecule has 0 aliphatic heterocycles. The van der Waals surface area contributed by atoms with E-state index in [0.29, 0.717) is 18.7 Å². The minimum absolute atomic E-state index is 0.286. The molecular formula is C12H16F4N2. The maximum absolute atomic E-state index is 13.0. The monoisotopic (exact) mass is 264 g/mol. The van der Waals surface area contributed by atoms with Crippen LogP contribution in [-0.4, -0.2) is 13.1 Å². The summed E-state index contributed by atoms with van der Waals surface area (Å²) in [5, 5.41) is 2.99. The lowest BCUT2D eigenvalue weighted by Crippen LogP contribution is -2.17. The Labute approximate surface area is 103 Å². The quantitative estimate of drug-likeness (QED) is 0.612. The molecule has 3 N–H and O–H groups in total. The van der Waals surface area contributed by atoms with Crippen molar-refractivity contribution < 1.29 is 17.6 Å². The lowest BCUT2D eigenvalue weighted by Gasteiger charge is -2.10. The third-order valence-corrected chi connectivity index (χ3v) is 2.47. The fourth-order valence-corrected chi connectivity index (χ4v) is 1.53. The van der Waals surface area contributed by atoms with Gasteiger partial charge in [0.25, 0.3) is 0 Å². The standard InChI is InChI=1S/C12H16F4N2/c13-11-4-3-9(7-10(11)12(14,15)16)8-18-6-2-1-5-17/h3-4,7,18H,1-2,5-6,8,17H2. The van der Waals surface area contributed by atoms with Gasteiger partial charge in [0.15, 0.2) is 0 Å². The molecule has 0 radical (unpaired) electrons. The number of benzene rings is 1. The maximum Gasteiger partial charge on any atom is 0.419 e. The van der Waals surface area contributed by atoms with E-state index < -0.39 is 17.6 Å². The summed E-state index contributed by atoms with van der Waals surface area (Å²) in [5.41, 5.74) is 4.51. The predicted molar refractivity (Wildman–Crippen MR) is 61.4 cm³/mol. The van der Waals surface area contributed by atoms with Crippen LogP contribution in [0.2, 0.25) is 0 Å². The summed E-state index contributed by atoms with van der Waals surface area (Å²) in [7, 11) is 0. The van der Waals surface area contributed by atoms with Gasteiger partial charge in [0.05, 0.1) is 5.56 Å². The summed E-state index contributed by atoms with van der Waals surface area (Å²) in [6.45, 7) is 1.56. The number of alkyl halides is 3. The van der Waals surface area contributed by atoms with Crippen LogP contribution in [0.1, 0.15) is 24.0 Å². The second kappa shape index (κ2) is 6.70. The van der Waals surface area contributed by atoms with Gasteiger partial charge in [-0.15, -0.1) is 0 Å². The van der Waals surface area contributed by atoms with Crippen molar-refractivity contribution in [3.8, 4) is 0 Å². The smallest absolute Gasteiger partial charge is 0.330 e. The van der Waals surface area contributed by atoms with E-state index in [4.69, 9.17) is 5.73 Å². The Morgan fingerprint density at radius 2 is 1.89 bits per heavy atom. The molecule has 0 amide bonds. The van der Waals surface area contributed by atoms with Crippen molar-refractivity contribution in [2.75, 3.05) is 13.1 Å². The molecular weight excluding hydrogens is 248 g/mol. The minimum Gasteiger partial charge on any atom is -0.330 e. The third kappa shape index (κ3) is 4.62. The molecule has 1 aromatic carbocycles. The van der Waals surface area contributed by atoms with E-state index in [1.807, 2.05) is 0 Å². The van der Waals surface area contributed by atoms with Gasteiger partial charge >= 0.3 is 6.18 Å². The molecule has 102 valence electrons. The number of unbranched alkanes of at least 4 members (excludes halogenated alkanes) is 1. The van der Waals surface area contributed by atoms with Gasteiger partial charge in [-0.05, 0) is 43.6 Å². The number of hydrogen-bond donors (Lipinski definition) is 2. The van der Waals surface area contributed by atoms with Crippen molar-refractivity contribution in [2.24, 2.45) is 5.73 Å². The van der Waals surface area contributed by atoms with Crippen LogP contribution < -0.4 is 11.1 Å². The van der Waals surface area contributed by atoms with Crippen LogP contribution in [0.25, 0.3) is 0 Å². The van der Waals surface area contributed by atoms with Gasteiger partial charge in [-0.3, -0.25) is 0 Å². The van der Waals surface area contributed by atoms with Gasteiger partial charge < -0.3 is 11.1 Å². The molecule has 0 heterocycles. The molecule has 18 heavy (non-hydrogen) atoms. The van der Waals surface area contributed by atoms with E-state index in [0.717, 1.165) is 25.0 Å². The lowest BCUT2D eigenvalue weighted by molar-refractivity contribution is -0.140. The van der Waals surface area contributed by atoms with Crippen molar-refractivity contribution in [1.82, 2.24) is 5.32 Å². The zero-order valence-electron chi connectivity index (χ0n) is 9.86. The first kappa shape index (κ1) is 14.9. The molecule has 0 atom stereocenters. The van der Waals surface area contributed by atoms with E-state index in [1.165, 1.54) is 6.07 Å². The van der Waals surface area contributed by atoms with Crippen LogP contribution >= 0.6 is 0 Å². The highest BCUT2D eigenvalue weighted by Crippen LogP contribution is 2.31. The first-order valence-electron chi connectivity index (χ1n) is 5.71. The molecule has 0 aromatic heterocycles. The molecule has 0 unspecified atom stereocenters. The van der Waals surface area contributed by atoms with Crippen LogP contribution in [0.15, 0.2) is 18.2 Å². The van der Waals surface area contributed by atoms with Crippen LogP contribution in [0.3, 0.4) is 0 Å². The number of halogens is 4. The summed E-state index contributed by atoms with van der Waals surface area (Å²) in [6, 6.07) is 3.03. The summed E-state index contributed by atoms with van der Waals surface area (Å²) in [4.78, 5) is 0. The van der Waals surface area contributed by atoms with E-state index in [1.54, 1.807) is 0 Å². The number of rotatable bonds is 6. The highest BCUT2D eigenvalue weighted by Gasteiger charge is 2.34. The normalized spacial score (nSPS) is 11.8. The van der Waals surface area contributed by atoms with Gasteiger partial charge in [0.1, 0.15) is 5.82 Å². The Morgan fingerprint density at radius 1 is 1.17 bits per heavy atom. The van der Waals surface area contributed by atoms with Gasteiger partial charge in [-0.1, -0.05) is 6.07 Å². The zero-order valence-corrected chi connectivity index (χ0v) is 9.86. The highest BCUT2D eigenvalue weighted by atomic mass is 19.4. The molecule has 0 fully saturated rings. The minimum atomic E-state index is -4.65. The second-order valence-corrected chi connectivity index (χ2v) is 3.98. The van der Waals surface area contributed by atoms with Crippen LogP contribution in [0.5, 0.6) is 0 Å². The zero-order chi connectivity index (χ0) is 13.6. The average molecular weight is 264 g/mol. The fourth-order valence-electron chi connectivity index (χ4n) is 1.53. The predicted octanol–water partition coefficient (Wildman–Crippen LogP) is 2.67. The third-order valence-electron chi connectivity index (χ3n) is 2.47. The summed E-state index contributed by atoms with van der Waals surface area (Å²) < 4.78 is 50.3. The van der Waals surface area contributed by atoms with Crippen LogP contribution in [0.4, 0.5) is 17.6 Å². The van der Waals surface area contributed by atoms with Crippen molar-refractivity contribution in [3.63, 3.8) is 0 Å². The first-order chi connectivity index (χ1) is 8.45. The maximum atomic E-state index is 13.0. The Kier molecular flexibility index (Phi) is 5.55. The molecule has 0 aliphatic carbocycles. The van der Waals surface area contributed by atoms with Crippen molar-refractivity contribution in [2.45, 2.75) is 25.6 Å². The molecule has 0 saturated carbocycles. The van der Waals surface area contributed by atoms with E-state index in [-0.39, 0.29) is 6.54 Å². The van der Waals surface area contributed by atoms with Crippen molar-refractivity contribution >= 4 is 0 Å². The summed E-state index contributed by atoms with van der Waals surface area (Å²) in [6.07, 6.45) is -2.92. The van der Waals surface area contributed by atoms with Gasteiger partial charge in [0, 0.05) is 6.54 Å². The van der Waals surface area contributed by atoms with E-state index >= 15 is 0 Å².